The highest BCUT2D eigenvalue weighted by molar-refractivity contribution is 6.32. The Bertz CT molecular complexity index is 468. The van der Waals surface area contributed by atoms with Crippen LogP contribution in [0.25, 0.3) is 0 Å². The molecule has 3 rings (SSSR count). The minimum atomic E-state index is 0.686. The maximum atomic E-state index is 6.44. The van der Waals surface area contributed by atoms with Crippen LogP contribution in [0.15, 0.2) is 6.07 Å². The van der Waals surface area contributed by atoms with Crippen molar-refractivity contribution in [1.29, 1.82) is 0 Å². The molecule has 1 aromatic rings. The van der Waals surface area contributed by atoms with Crippen LogP contribution in [-0.2, 0) is 19.3 Å². The topological polar surface area (TPSA) is 35.2 Å². The fourth-order valence-electron chi connectivity index (χ4n) is 2.98. The molecule has 2 aliphatic rings. The lowest BCUT2D eigenvalue weighted by atomic mass is 9.86. The van der Waals surface area contributed by atoms with Crippen molar-refractivity contribution in [1.82, 2.24) is 0 Å². The van der Waals surface area contributed by atoms with Gasteiger partial charge < -0.3 is 10.5 Å². The number of halogens is 1. The third-order valence-corrected chi connectivity index (χ3v) is 4.50. The molecule has 0 bridgehead atoms. The van der Waals surface area contributed by atoms with Crippen LogP contribution in [0.2, 0.25) is 5.02 Å². The first-order valence-corrected chi connectivity index (χ1v) is 7.83. The summed E-state index contributed by atoms with van der Waals surface area (Å²) in [6.45, 7) is 1.52. The molecule has 2 nitrogen and oxygen atoms in total. The molecule has 0 aliphatic heterocycles. The predicted molar refractivity (Wildman–Crippen MR) is 79.1 cm³/mol. The lowest BCUT2D eigenvalue weighted by Gasteiger charge is -2.24. The SMILES string of the molecule is NCCc1cc(Cl)c(OCC2CC2)c2c1CCCC2. The molecule has 1 aromatic carbocycles. The molecule has 3 heteroatoms. The molecule has 0 radical (unpaired) electrons. The summed E-state index contributed by atoms with van der Waals surface area (Å²) in [6, 6.07) is 2.08. The van der Waals surface area contributed by atoms with Crippen molar-refractivity contribution in [2.45, 2.75) is 44.9 Å². The molecular formula is C16H22ClNO. The normalized spacial score (nSPS) is 18.2. The van der Waals surface area contributed by atoms with Gasteiger partial charge in [0.1, 0.15) is 5.75 Å². The van der Waals surface area contributed by atoms with Crippen molar-refractivity contribution in [3.8, 4) is 5.75 Å². The second-order valence-corrected chi connectivity index (χ2v) is 6.21. The summed E-state index contributed by atoms with van der Waals surface area (Å²) < 4.78 is 6.03. The number of rotatable bonds is 5. The monoisotopic (exact) mass is 279 g/mol. The summed E-state index contributed by atoms with van der Waals surface area (Å²) in [6.07, 6.45) is 8.32. The fraction of sp³-hybridized carbons (Fsp3) is 0.625. The van der Waals surface area contributed by atoms with Crippen molar-refractivity contribution in [2.24, 2.45) is 11.7 Å². The van der Waals surface area contributed by atoms with Crippen LogP contribution in [0, 0.1) is 5.92 Å². The lowest BCUT2D eigenvalue weighted by molar-refractivity contribution is 0.295. The molecule has 2 aliphatic carbocycles. The Morgan fingerprint density at radius 2 is 1.95 bits per heavy atom. The van der Waals surface area contributed by atoms with Gasteiger partial charge in [-0.1, -0.05) is 11.6 Å². The Hall–Kier alpha value is -0.730. The first kappa shape index (κ1) is 13.3. The van der Waals surface area contributed by atoms with Crippen LogP contribution >= 0.6 is 11.6 Å². The number of hydrogen-bond donors (Lipinski definition) is 1. The number of fused-ring (bicyclic) bond motifs is 1. The summed E-state index contributed by atoms with van der Waals surface area (Å²) in [5, 5.41) is 0.782. The van der Waals surface area contributed by atoms with Crippen LogP contribution in [-0.4, -0.2) is 13.2 Å². The maximum absolute atomic E-state index is 6.44. The average molecular weight is 280 g/mol. The summed E-state index contributed by atoms with van der Waals surface area (Å²) >= 11 is 6.44. The standard InChI is InChI=1S/C16H22ClNO/c17-15-9-12(7-8-18)13-3-1-2-4-14(13)16(15)19-10-11-5-6-11/h9,11H,1-8,10,18H2. The number of nitrogens with two attached hydrogens (primary N) is 1. The van der Waals surface area contributed by atoms with Crippen molar-refractivity contribution in [3.05, 3.63) is 27.8 Å². The molecule has 0 amide bonds. The van der Waals surface area contributed by atoms with Crippen LogP contribution in [0.3, 0.4) is 0 Å². The van der Waals surface area contributed by atoms with E-state index in [1.165, 1.54) is 42.4 Å². The van der Waals surface area contributed by atoms with E-state index in [1.807, 2.05) is 0 Å². The quantitative estimate of drug-likeness (QED) is 0.895. The summed E-state index contributed by atoms with van der Waals surface area (Å²) in [7, 11) is 0. The van der Waals surface area contributed by atoms with E-state index in [9.17, 15) is 0 Å². The molecular weight excluding hydrogens is 258 g/mol. The van der Waals surface area contributed by atoms with Crippen LogP contribution in [0.4, 0.5) is 0 Å². The molecule has 104 valence electrons. The van der Waals surface area contributed by atoms with Gasteiger partial charge >= 0.3 is 0 Å². The Morgan fingerprint density at radius 1 is 1.21 bits per heavy atom. The van der Waals surface area contributed by atoms with Gasteiger partial charge in [-0.15, -0.1) is 0 Å². The van der Waals surface area contributed by atoms with E-state index in [-0.39, 0.29) is 0 Å². The zero-order valence-corrected chi connectivity index (χ0v) is 12.1. The average Bonchev–Trinajstić information content (AvgIpc) is 3.23. The fourth-order valence-corrected chi connectivity index (χ4v) is 3.28. The number of ether oxygens (including phenoxy) is 1. The molecule has 0 saturated heterocycles. The number of hydrogen-bond acceptors (Lipinski definition) is 2. The Kier molecular flexibility index (Phi) is 3.99. The first-order valence-electron chi connectivity index (χ1n) is 7.45. The van der Waals surface area contributed by atoms with E-state index in [0.29, 0.717) is 6.54 Å². The van der Waals surface area contributed by atoms with Gasteiger partial charge in [-0.25, -0.2) is 0 Å². The predicted octanol–water partition coefficient (Wildman–Crippen LogP) is 3.51. The molecule has 0 atom stereocenters. The lowest BCUT2D eigenvalue weighted by Crippen LogP contribution is -2.13. The second kappa shape index (κ2) is 5.72. The van der Waals surface area contributed by atoms with E-state index in [1.54, 1.807) is 0 Å². The van der Waals surface area contributed by atoms with Crippen molar-refractivity contribution >= 4 is 11.6 Å². The Balaban J connectivity index is 1.92. The first-order chi connectivity index (χ1) is 9.29. The van der Waals surface area contributed by atoms with Crippen LogP contribution in [0.1, 0.15) is 42.4 Å². The summed E-state index contributed by atoms with van der Waals surface area (Å²) in [5.74, 6) is 1.73. The molecule has 0 spiro atoms. The highest BCUT2D eigenvalue weighted by atomic mass is 35.5. The minimum Gasteiger partial charge on any atom is -0.491 e. The number of benzene rings is 1. The molecule has 0 aromatic heterocycles. The highest BCUT2D eigenvalue weighted by Gasteiger charge is 2.25. The van der Waals surface area contributed by atoms with Crippen molar-refractivity contribution in [3.63, 3.8) is 0 Å². The minimum absolute atomic E-state index is 0.686. The zero-order valence-electron chi connectivity index (χ0n) is 11.4. The second-order valence-electron chi connectivity index (χ2n) is 5.80. The Labute approximate surface area is 120 Å². The van der Waals surface area contributed by atoms with Crippen molar-refractivity contribution < 1.29 is 4.74 Å². The molecule has 19 heavy (non-hydrogen) atoms. The van der Waals surface area contributed by atoms with Gasteiger partial charge in [0.2, 0.25) is 0 Å². The largest absolute Gasteiger partial charge is 0.491 e. The van der Waals surface area contributed by atoms with Gasteiger partial charge in [0, 0.05) is 0 Å². The van der Waals surface area contributed by atoms with E-state index in [2.05, 4.69) is 6.07 Å². The smallest absolute Gasteiger partial charge is 0.141 e. The molecule has 0 unspecified atom stereocenters. The summed E-state index contributed by atoms with van der Waals surface area (Å²) in [4.78, 5) is 0. The maximum Gasteiger partial charge on any atom is 0.141 e. The van der Waals surface area contributed by atoms with Gasteiger partial charge in [0.05, 0.1) is 11.6 Å². The highest BCUT2D eigenvalue weighted by Crippen LogP contribution is 2.39. The zero-order chi connectivity index (χ0) is 13.2. The van der Waals surface area contributed by atoms with Gasteiger partial charge in [0.15, 0.2) is 0 Å². The Morgan fingerprint density at radius 3 is 2.63 bits per heavy atom. The van der Waals surface area contributed by atoms with Gasteiger partial charge in [-0.05, 0) is 80.2 Å². The van der Waals surface area contributed by atoms with Gasteiger partial charge in [-0.3, -0.25) is 0 Å². The molecule has 1 saturated carbocycles. The molecule has 0 heterocycles. The van der Waals surface area contributed by atoms with Crippen LogP contribution < -0.4 is 10.5 Å². The van der Waals surface area contributed by atoms with E-state index >= 15 is 0 Å². The third-order valence-electron chi connectivity index (χ3n) is 4.22. The van der Waals surface area contributed by atoms with Gasteiger partial charge in [-0.2, -0.15) is 0 Å². The summed E-state index contributed by atoms with van der Waals surface area (Å²) in [5.41, 5.74) is 9.88. The third kappa shape index (κ3) is 2.90. The van der Waals surface area contributed by atoms with Crippen LogP contribution in [0.5, 0.6) is 5.75 Å². The van der Waals surface area contributed by atoms with E-state index in [4.69, 9.17) is 22.1 Å². The van der Waals surface area contributed by atoms with E-state index in [0.717, 1.165) is 42.6 Å². The van der Waals surface area contributed by atoms with E-state index < -0.39 is 0 Å². The molecule has 2 N–H and O–H groups in total. The van der Waals surface area contributed by atoms with Crippen molar-refractivity contribution in [2.75, 3.05) is 13.2 Å². The molecule has 1 fully saturated rings. The van der Waals surface area contributed by atoms with Gasteiger partial charge in [0.25, 0.3) is 0 Å².